The van der Waals surface area contributed by atoms with Crippen molar-refractivity contribution >= 4 is 27.5 Å². The number of benzene rings is 1. The first kappa shape index (κ1) is 14.3. The molecule has 0 fully saturated rings. The number of oxime groups is 1. The van der Waals surface area contributed by atoms with Crippen molar-refractivity contribution in [3.8, 4) is 0 Å². The number of anilines is 1. The zero-order chi connectivity index (χ0) is 14.5. The van der Waals surface area contributed by atoms with Crippen LogP contribution in [0.15, 0.2) is 52.4 Å². The third kappa shape index (κ3) is 3.27. The summed E-state index contributed by atoms with van der Waals surface area (Å²) < 4.78 is 0.931. The molecule has 0 spiro atoms. The minimum Gasteiger partial charge on any atom is -0.409 e. The molecule has 2 aromatic rings. The number of amidine groups is 1. The molecule has 1 aromatic carbocycles. The summed E-state index contributed by atoms with van der Waals surface area (Å²) in [6.45, 7) is 0.677. The van der Waals surface area contributed by atoms with Crippen molar-refractivity contribution in [3.05, 3.63) is 58.3 Å². The van der Waals surface area contributed by atoms with Crippen LogP contribution in [0.4, 0.5) is 5.69 Å². The fourth-order valence-corrected chi connectivity index (χ4v) is 2.29. The average Bonchev–Trinajstić information content (AvgIpc) is 2.47. The van der Waals surface area contributed by atoms with Crippen LogP contribution in [0.1, 0.15) is 11.1 Å². The standard InChI is InChI=1S/C14H15BrN4O/c1-19(9-10-3-2-6-17-8-10)13-7-11(15)4-5-12(13)14(16)18-20/h2-8,20H,9H2,1H3,(H2,16,18). The van der Waals surface area contributed by atoms with Gasteiger partial charge in [-0.05, 0) is 29.8 Å². The largest absolute Gasteiger partial charge is 0.409 e. The lowest BCUT2D eigenvalue weighted by Crippen LogP contribution is -2.22. The van der Waals surface area contributed by atoms with E-state index in [1.165, 1.54) is 0 Å². The van der Waals surface area contributed by atoms with Gasteiger partial charge in [-0.1, -0.05) is 27.2 Å². The van der Waals surface area contributed by atoms with E-state index in [0.717, 1.165) is 15.7 Å². The van der Waals surface area contributed by atoms with Crippen LogP contribution in [0, 0.1) is 0 Å². The first-order chi connectivity index (χ1) is 9.61. The van der Waals surface area contributed by atoms with Crippen LogP contribution in [0.25, 0.3) is 0 Å². The average molecular weight is 335 g/mol. The van der Waals surface area contributed by atoms with Gasteiger partial charge in [-0.2, -0.15) is 0 Å². The van der Waals surface area contributed by atoms with Crippen LogP contribution < -0.4 is 10.6 Å². The summed E-state index contributed by atoms with van der Waals surface area (Å²) in [5.41, 5.74) is 8.36. The summed E-state index contributed by atoms with van der Waals surface area (Å²) >= 11 is 3.44. The first-order valence-electron chi connectivity index (χ1n) is 5.99. The Morgan fingerprint density at radius 1 is 1.45 bits per heavy atom. The van der Waals surface area contributed by atoms with E-state index in [-0.39, 0.29) is 5.84 Å². The smallest absolute Gasteiger partial charge is 0.172 e. The Morgan fingerprint density at radius 3 is 2.90 bits per heavy atom. The summed E-state index contributed by atoms with van der Waals surface area (Å²) in [6, 6.07) is 9.51. The highest BCUT2D eigenvalue weighted by atomic mass is 79.9. The molecule has 104 valence electrons. The number of halogens is 1. The molecule has 0 aliphatic carbocycles. The highest BCUT2D eigenvalue weighted by molar-refractivity contribution is 9.10. The summed E-state index contributed by atoms with van der Waals surface area (Å²) in [4.78, 5) is 6.12. The topological polar surface area (TPSA) is 74.7 Å². The van der Waals surface area contributed by atoms with Crippen molar-refractivity contribution in [3.63, 3.8) is 0 Å². The minimum absolute atomic E-state index is 0.0885. The van der Waals surface area contributed by atoms with Crippen LogP contribution in [0.3, 0.4) is 0 Å². The van der Waals surface area contributed by atoms with Crippen molar-refractivity contribution in [2.24, 2.45) is 10.9 Å². The van der Waals surface area contributed by atoms with Gasteiger partial charge in [0, 0.05) is 41.7 Å². The van der Waals surface area contributed by atoms with Gasteiger partial charge >= 0.3 is 0 Å². The van der Waals surface area contributed by atoms with Crippen molar-refractivity contribution < 1.29 is 5.21 Å². The van der Waals surface area contributed by atoms with Gasteiger partial charge in [0.1, 0.15) is 0 Å². The molecule has 0 aliphatic heterocycles. The summed E-state index contributed by atoms with van der Waals surface area (Å²) in [7, 11) is 1.95. The van der Waals surface area contributed by atoms with E-state index in [9.17, 15) is 0 Å². The van der Waals surface area contributed by atoms with Gasteiger partial charge in [0.2, 0.25) is 0 Å². The molecule has 0 saturated carbocycles. The van der Waals surface area contributed by atoms with Gasteiger partial charge in [-0.15, -0.1) is 0 Å². The predicted octanol–water partition coefficient (Wildman–Crippen LogP) is 2.58. The highest BCUT2D eigenvalue weighted by Crippen LogP contribution is 2.25. The van der Waals surface area contributed by atoms with E-state index in [1.54, 1.807) is 6.20 Å². The Hall–Kier alpha value is -2.08. The van der Waals surface area contributed by atoms with Crippen LogP contribution in [0.5, 0.6) is 0 Å². The molecule has 0 unspecified atom stereocenters. The summed E-state index contributed by atoms with van der Waals surface area (Å²) in [5, 5.41) is 12.0. The fourth-order valence-electron chi connectivity index (χ4n) is 1.94. The lowest BCUT2D eigenvalue weighted by Gasteiger charge is -2.22. The Morgan fingerprint density at radius 2 is 2.25 bits per heavy atom. The van der Waals surface area contributed by atoms with Crippen LogP contribution in [-0.2, 0) is 6.54 Å². The molecule has 0 saturated heterocycles. The molecule has 1 heterocycles. The zero-order valence-electron chi connectivity index (χ0n) is 11.0. The van der Waals surface area contributed by atoms with E-state index in [4.69, 9.17) is 10.9 Å². The molecule has 6 heteroatoms. The summed E-state index contributed by atoms with van der Waals surface area (Å²) in [6.07, 6.45) is 3.56. The molecule has 3 N–H and O–H groups in total. The highest BCUT2D eigenvalue weighted by Gasteiger charge is 2.12. The molecule has 2 rings (SSSR count). The first-order valence-corrected chi connectivity index (χ1v) is 6.78. The quantitative estimate of drug-likeness (QED) is 0.390. The number of hydrogen-bond acceptors (Lipinski definition) is 4. The molecule has 0 aliphatic rings. The molecule has 0 atom stereocenters. The molecule has 0 amide bonds. The van der Waals surface area contributed by atoms with Crippen molar-refractivity contribution in [2.75, 3.05) is 11.9 Å². The third-order valence-electron chi connectivity index (χ3n) is 2.90. The van der Waals surface area contributed by atoms with E-state index in [2.05, 4.69) is 26.1 Å². The third-order valence-corrected chi connectivity index (χ3v) is 3.39. The van der Waals surface area contributed by atoms with Gasteiger partial charge in [-0.25, -0.2) is 0 Å². The second-order valence-corrected chi connectivity index (χ2v) is 5.28. The second kappa shape index (κ2) is 6.38. The molecule has 5 nitrogen and oxygen atoms in total. The maximum absolute atomic E-state index is 8.88. The number of rotatable bonds is 4. The lowest BCUT2D eigenvalue weighted by molar-refractivity contribution is 0.318. The Kier molecular flexibility index (Phi) is 4.57. The maximum Gasteiger partial charge on any atom is 0.172 e. The molecule has 0 radical (unpaired) electrons. The van der Waals surface area contributed by atoms with Gasteiger partial charge in [0.15, 0.2) is 5.84 Å². The monoisotopic (exact) mass is 334 g/mol. The number of pyridine rings is 1. The Labute approximate surface area is 125 Å². The van der Waals surface area contributed by atoms with Gasteiger partial charge < -0.3 is 15.8 Å². The van der Waals surface area contributed by atoms with E-state index in [1.807, 2.05) is 48.5 Å². The van der Waals surface area contributed by atoms with Crippen LogP contribution in [-0.4, -0.2) is 23.1 Å². The Balaban J connectivity index is 2.33. The molecule has 0 bridgehead atoms. The van der Waals surface area contributed by atoms with Crippen molar-refractivity contribution in [1.29, 1.82) is 0 Å². The van der Waals surface area contributed by atoms with Gasteiger partial charge in [-0.3, -0.25) is 4.98 Å². The van der Waals surface area contributed by atoms with Gasteiger partial charge in [0.25, 0.3) is 0 Å². The fraction of sp³-hybridized carbons (Fsp3) is 0.143. The summed E-state index contributed by atoms with van der Waals surface area (Å²) in [5.74, 6) is 0.0885. The molecule has 1 aromatic heterocycles. The number of aromatic nitrogens is 1. The number of nitrogens with two attached hydrogens (primary N) is 1. The van der Waals surface area contributed by atoms with E-state index < -0.39 is 0 Å². The van der Waals surface area contributed by atoms with E-state index >= 15 is 0 Å². The number of hydrogen-bond donors (Lipinski definition) is 2. The maximum atomic E-state index is 8.88. The lowest BCUT2D eigenvalue weighted by atomic mass is 10.1. The minimum atomic E-state index is 0.0885. The predicted molar refractivity (Wildman–Crippen MR) is 83.0 cm³/mol. The molecule has 20 heavy (non-hydrogen) atoms. The molecular weight excluding hydrogens is 320 g/mol. The van der Waals surface area contributed by atoms with E-state index in [0.29, 0.717) is 12.1 Å². The van der Waals surface area contributed by atoms with Gasteiger partial charge in [0.05, 0.1) is 0 Å². The zero-order valence-corrected chi connectivity index (χ0v) is 12.6. The second-order valence-electron chi connectivity index (χ2n) is 4.36. The normalized spacial score (nSPS) is 11.4. The SMILES string of the molecule is CN(Cc1cccnc1)c1cc(Br)ccc1/C(N)=N/O. The van der Waals surface area contributed by atoms with Crippen LogP contribution in [0.2, 0.25) is 0 Å². The Bertz CT molecular complexity index is 616. The molecular formula is C14H15BrN4O. The van der Waals surface area contributed by atoms with Crippen molar-refractivity contribution in [1.82, 2.24) is 4.98 Å². The number of nitrogens with zero attached hydrogens (tertiary/aromatic N) is 3. The van der Waals surface area contributed by atoms with Crippen LogP contribution >= 0.6 is 15.9 Å². The van der Waals surface area contributed by atoms with Crippen molar-refractivity contribution in [2.45, 2.75) is 6.54 Å².